The maximum absolute atomic E-state index is 8.62. The van der Waals surface area contributed by atoms with Gasteiger partial charge in [0.15, 0.2) is 17.5 Å². The van der Waals surface area contributed by atoms with Gasteiger partial charge in [-0.3, -0.25) is 0 Å². The summed E-state index contributed by atoms with van der Waals surface area (Å²) in [6.07, 6.45) is 0. The van der Waals surface area contributed by atoms with Crippen molar-refractivity contribution in [1.82, 2.24) is 5.32 Å². The minimum Gasteiger partial charge on any atom is -0.493 e. The summed E-state index contributed by atoms with van der Waals surface area (Å²) in [5.41, 5.74) is 6.57. The molecule has 0 fully saturated rings. The molecule has 1 rings (SSSR count). The summed E-state index contributed by atoms with van der Waals surface area (Å²) in [6.45, 7) is 0.846. The molecule has 0 heterocycles. The lowest BCUT2D eigenvalue weighted by molar-refractivity contribution is 0.300. The van der Waals surface area contributed by atoms with E-state index in [0.717, 1.165) is 5.56 Å². The zero-order valence-corrected chi connectivity index (χ0v) is 13.4. The molecule has 0 atom stereocenters. The highest BCUT2D eigenvalue weighted by Gasteiger charge is 2.03. The number of rotatable bonds is 6. The first-order chi connectivity index (χ1) is 8.71. The molecule has 6 nitrogen and oxygen atoms in total. The van der Waals surface area contributed by atoms with Gasteiger partial charge in [-0.1, -0.05) is 6.07 Å². The van der Waals surface area contributed by atoms with Crippen LogP contribution in [-0.2, 0) is 6.54 Å². The zero-order chi connectivity index (χ0) is 13.4. The lowest BCUT2D eigenvalue weighted by atomic mass is 10.2. The van der Waals surface area contributed by atoms with Gasteiger partial charge in [-0.25, -0.2) is 4.99 Å². The summed E-state index contributed by atoms with van der Waals surface area (Å²) in [4.78, 5) is 4.14. The number of halogens is 1. The van der Waals surface area contributed by atoms with E-state index in [9.17, 15) is 0 Å². The quantitative estimate of drug-likeness (QED) is 0.384. The molecule has 19 heavy (non-hydrogen) atoms. The highest BCUT2D eigenvalue weighted by atomic mass is 127. The zero-order valence-electron chi connectivity index (χ0n) is 11.0. The molecule has 1 aromatic carbocycles. The normalized spacial score (nSPS) is 10.6. The first-order valence-corrected chi connectivity index (χ1v) is 5.56. The first kappa shape index (κ1) is 17.8. The van der Waals surface area contributed by atoms with Crippen LogP contribution in [0.25, 0.3) is 0 Å². The molecule has 0 aromatic heterocycles. The Kier molecular flexibility index (Phi) is 9.06. The van der Waals surface area contributed by atoms with Crippen LogP contribution in [0.4, 0.5) is 0 Å². The number of ether oxygens (including phenoxy) is 2. The molecule has 0 unspecified atom stereocenters. The maximum atomic E-state index is 8.62. The SMILES string of the molecule is COc1ccc(CN=C(N)NCCO)cc1OC.I. The van der Waals surface area contributed by atoms with Crippen LogP contribution in [0.2, 0.25) is 0 Å². The average molecular weight is 381 g/mol. The van der Waals surface area contributed by atoms with Crippen molar-refractivity contribution in [3.8, 4) is 11.5 Å². The minimum absolute atomic E-state index is 0. The summed E-state index contributed by atoms with van der Waals surface area (Å²) in [7, 11) is 3.18. The van der Waals surface area contributed by atoms with Crippen LogP contribution >= 0.6 is 24.0 Å². The Morgan fingerprint density at radius 2 is 2.00 bits per heavy atom. The molecule has 0 aliphatic heterocycles. The number of nitrogens with two attached hydrogens (primary N) is 1. The van der Waals surface area contributed by atoms with Crippen molar-refractivity contribution in [3.05, 3.63) is 23.8 Å². The maximum Gasteiger partial charge on any atom is 0.188 e. The van der Waals surface area contributed by atoms with Crippen LogP contribution in [0.3, 0.4) is 0 Å². The monoisotopic (exact) mass is 381 g/mol. The van der Waals surface area contributed by atoms with Crippen LogP contribution in [0.5, 0.6) is 11.5 Å². The van der Waals surface area contributed by atoms with E-state index >= 15 is 0 Å². The molecular weight excluding hydrogens is 361 g/mol. The smallest absolute Gasteiger partial charge is 0.188 e. The van der Waals surface area contributed by atoms with E-state index in [1.54, 1.807) is 14.2 Å². The predicted molar refractivity (Wildman–Crippen MR) is 85.4 cm³/mol. The molecule has 108 valence electrons. The molecule has 0 aliphatic carbocycles. The number of nitrogens with one attached hydrogen (secondary N) is 1. The van der Waals surface area contributed by atoms with Gasteiger partial charge in [-0.15, -0.1) is 24.0 Å². The van der Waals surface area contributed by atoms with Crippen molar-refractivity contribution < 1.29 is 14.6 Å². The third kappa shape index (κ3) is 5.97. The largest absolute Gasteiger partial charge is 0.493 e. The molecule has 0 bridgehead atoms. The molecule has 1 aromatic rings. The standard InChI is InChI=1S/C12H19N3O3.HI/c1-17-10-4-3-9(7-11(10)18-2)8-15-12(13)14-5-6-16;/h3-4,7,16H,5-6,8H2,1-2H3,(H3,13,14,15);1H. The lowest BCUT2D eigenvalue weighted by Gasteiger charge is -2.09. The van der Waals surface area contributed by atoms with E-state index in [-0.39, 0.29) is 30.6 Å². The Bertz CT molecular complexity index is 413. The van der Waals surface area contributed by atoms with Crippen molar-refractivity contribution in [2.24, 2.45) is 10.7 Å². The number of hydrogen-bond donors (Lipinski definition) is 3. The van der Waals surface area contributed by atoms with Crippen LogP contribution in [0, 0.1) is 0 Å². The van der Waals surface area contributed by atoms with Crippen molar-refractivity contribution in [3.63, 3.8) is 0 Å². The van der Waals surface area contributed by atoms with E-state index in [0.29, 0.717) is 30.5 Å². The highest BCUT2D eigenvalue weighted by Crippen LogP contribution is 2.27. The third-order valence-corrected chi connectivity index (χ3v) is 2.30. The molecule has 0 amide bonds. The van der Waals surface area contributed by atoms with Crippen LogP contribution in [0.15, 0.2) is 23.2 Å². The Morgan fingerprint density at radius 1 is 1.32 bits per heavy atom. The van der Waals surface area contributed by atoms with Crippen molar-refractivity contribution in [1.29, 1.82) is 0 Å². The number of hydrogen-bond acceptors (Lipinski definition) is 4. The fourth-order valence-electron chi connectivity index (χ4n) is 1.40. The number of nitrogens with zero attached hydrogens (tertiary/aromatic N) is 1. The van der Waals surface area contributed by atoms with Crippen LogP contribution in [-0.4, -0.2) is 38.4 Å². The van der Waals surface area contributed by atoms with Crippen molar-refractivity contribution in [2.45, 2.75) is 6.54 Å². The Morgan fingerprint density at radius 3 is 2.58 bits per heavy atom. The van der Waals surface area contributed by atoms with Gasteiger partial charge in [0.05, 0.1) is 27.4 Å². The molecule has 0 saturated heterocycles. The second-order valence-corrected chi connectivity index (χ2v) is 3.54. The van der Waals surface area contributed by atoms with Gasteiger partial charge in [0.1, 0.15) is 0 Å². The van der Waals surface area contributed by atoms with Gasteiger partial charge in [0, 0.05) is 6.54 Å². The second-order valence-electron chi connectivity index (χ2n) is 3.54. The van der Waals surface area contributed by atoms with Crippen molar-refractivity contribution >= 4 is 29.9 Å². The topological polar surface area (TPSA) is 89.1 Å². The number of aliphatic imine (C=N–C) groups is 1. The van der Waals surface area contributed by atoms with Gasteiger partial charge < -0.3 is 25.6 Å². The van der Waals surface area contributed by atoms with Gasteiger partial charge in [0.2, 0.25) is 0 Å². The molecule has 0 radical (unpaired) electrons. The fraction of sp³-hybridized carbons (Fsp3) is 0.417. The molecule has 0 saturated carbocycles. The Hall–Kier alpha value is -1.22. The summed E-state index contributed by atoms with van der Waals surface area (Å²) in [5.74, 6) is 1.64. The molecule has 0 spiro atoms. The molecule has 7 heteroatoms. The second kappa shape index (κ2) is 9.68. The number of benzene rings is 1. The van der Waals surface area contributed by atoms with Crippen LogP contribution < -0.4 is 20.5 Å². The minimum atomic E-state index is 0. The first-order valence-electron chi connectivity index (χ1n) is 5.56. The lowest BCUT2D eigenvalue weighted by Crippen LogP contribution is -2.33. The van der Waals surface area contributed by atoms with Crippen molar-refractivity contribution in [2.75, 3.05) is 27.4 Å². The Labute approximate surface area is 130 Å². The number of guanidine groups is 1. The van der Waals surface area contributed by atoms with E-state index in [1.165, 1.54) is 0 Å². The molecule has 4 N–H and O–H groups in total. The number of methoxy groups -OCH3 is 2. The predicted octanol–water partition coefficient (Wildman–Crippen LogP) is 0.718. The third-order valence-electron chi connectivity index (χ3n) is 2.30. The van der Waals surface area contributed by atoms with E-state index in [4.69, 9.17) is 20.3 Å². The van der Waals surface area contributed by atoms with Gasteiger partial charge in [0.25, 0.3) is 0 Å². The summed E-state index contributed by atoms with van der Waals surface area (Å²) in [6, 6.07) is 5.56. The fourth-order valence-corrected chi connectivity index (χ4v) is 1.40. The summed E-state index contributed by atoms with van der Waals surface area (Å²) in [5, 5.41) is 11.4. The summed E-state index contributed by atoms with van der Waals surface area (Å²) >= 11 is 0. The molecular formula is C12H20IN3O3. The number of aliphatic hydroxyl groups is 1. The van der Waals surface area contributed by atoms with E-state index in [2.05, 4.69) is 10.3 Å². The molecule has 0 aliphatic rings. The van der Waals surface area contributed by atoms with E-state index < -0.39 is 0 Å². The van der Waals surface area contributed by atoms with Gasteiger partial charge in [-0.05, 0) is 17.7 Å². The number of aliphatic hydroxyl groups excluding tert-OH is 1. The summed E-state index contributed by atoms with van der Waals surface area (Å²) < 4.78 is 10.3. The Balaban J connectivity index is 0.00000324. The van der Waals surface area contributed by atoms with E-state index in [1.807, 2.05) is 18.2 Å². The highest BCUT2D eigenvalue weighted by molar-refractivity contribution is 14.0. The van der Waals surface area contributed by atoms with Crippen LogP contribution in [0.1, 0.15) is 5.56 Å². The van der Waals surface area contributed by atoms with Gasteiger partial charge >= 0.3 is 0 Å². The average Bonchev–Trinajstić information content (AvgIpc) is 2.42. The van der Waals surface area contributed by atoms with Gasteiger partial charge in [-0.2, -0.15) is 0 Å².